The third-order valence-corrected chi connectivity index (χ3v) is 5.69. The first-order valence-electron chi connectivity index (χ1n) is 10.0. The lowest BCUT2D eigenvalue weighted by Crippen LogP contribution is -2.49. The van der Waals surface area contributed by atoms with Crippen LogP contribution in [-0.4, -0.2) is 54.0 Å². The number of rotatable bonds is 8. The highest BCUT2D eigenvalue weighted by Gasteiger charge is 2.33. The number of hydrogen-bond acceptors (Lipinski definition) is 3. The number of carbonyl (C=O) groups excluding carboxylic acids is 1. The summed E-state index contributed by atoms with van der Waals surface area (Å²) < 4.78 is 6.01. The van der Waals surface area contributed by atoms with Crippen molar-refractivity contribution in [2.45, 2.75) is 57.2 Å². The first-order valence-corrected chi connectivity index (χ1v) is 10.0. The summed E-state index contributed by atoms with van der Waals surface area (Å²) >= 11 is 0. The van der Waals surface area contributed by atoms with Crippen molar-refractivity contribution in [3.05, 3.63) is 48.6 Å². The number of likely N-dealkylation sites (tertiary alicyclic amines) is 2. The maximum atomic E-state index is 12.2. The summed E-state index contributed by atoms with van der Waals surface area (Å²) in [6.45, 7) is 8.18. The number of allylic oxidation sites excluding steroid dienone is 1. The minimum absolute atomic E-state index is 0.285. The van der Waals surface area contributed by atoms with Crippen LogP contribution in [0.4, 0.5) is 0 Å². The Bertz CT molecular complexity index is 567. The SMILES string of the molecule is C=CCCC(=O)N1CCC(N2CCCC2COCc2ccccc2)CC1. The van der Waals surface area contributed by atoms with Crippen LogP contribution in [0, 0.1) is 0 Å². The Kier molecular flexibility index (Phi) is 7.27. The summed E-state index contributed by atoms with van der Waals surface area (Å²) in [7, 11) is 0. The van der Waals surface area contributed by atoms with Crippen molar-refractivity contribution in [2.75, 3.05) is 26.2 Å². The van der Waals surface area contributed by atoms with Crippen LogP contribution in [0.25, 0.3) is 0 Å². The standard InChI is InChI=1S/C22H32N2O2/c1-2-3-11-22(25)23-15-12-20(13-16-23)24-14-7-10-21(24)18-26-17-19-8-5-4-6-9-19/h2,4-6,8-9,20-21H,1,3,7,10-18H2. The molecule has 1 atom stereocenters. The van der Waals surface area contributed by atoms with E-state index < -0.39 is 0 Å². The Labute approximate surface area is 157 Å². The van der Waals surface area contributed by atoms with Gasteiger partial charge in [0.25, 0.3) is 0 Å². The average Bonchev–Trinajstić information content (AvgIpc) is 3.15. The summed E-state index contributed by atoms with van der Waals surface area (Å²) in [6.07, 6.45) is 7.89. The van der Waals surface area contributed by atoms with Gasteiger partial charge in [-0.3, -0.25) is 9.69 Å². The van der Waals surface area contributed by atoms with Gasteiger partial charge < -0.3 is 9.64 Å². The second kappa shape index (κ2) is 9.89. The molecule has 142 valence electrons. The zero-order valence-corrected chi connectivity index (χ0v) is 15.8. The van der Waals surface area contributed by atoms with Crippen LogP contribution in [0.5, 0.6) is 0 Å². The Morgan fingerprint density at radius 1 is 1.15 bits per heavy atom. The lowest BCUT2D eigenvalue weighted by molar-refractivity contribution is -0.132. The summed E-state index contributed by atoms with van der Waals surface area (Å²) in [5.74, 6) is 0.285. The average molecular weight is 357 g/mol. The Morgan fingerprint density at radius 3 is 2.65 bits per heavy atom. The van der Waals surface area contributed by atoms with E-state index in [1.54, 1.807) is 0 Å². The molecular formula is C22H32N2O2. The largest absolute Gasteiger partial charge is 0.375 e. The van der Waals surface area contributed by atoms with Crippen LogP contribution in [0.3, 0.4) is 0 Å². The smallest absolute Gasteiger partial charge is 0.222 e. The maximum Gasteiger partial charge on any atom is 0.222 e. The minimum atomic E-state index is 0.285. The minimum Gasteiger partial charge on any atom is -0.375 e. The molecule has 1 aromatic rings. The molecule has 0 aliphatic carbocycles. The van der Waals surface area contributed by atoms with E-state index in [1.165, 1.54) is 24.9 Å². The first kappa shape index (κ1) is 19.1. The lowest BCUT2D eigenvalue weighted by atomic mass is 10.0. The van der Waals surface area contributed by atoms with Gasteiger partial charge in [-0.25, -0.2) is 0 Å². The van der Waals surface area contributed by atoms with E-state index in [-0.39, 0.29) is 5.91 Å². The van der Waals surface area contributed by atoms with Crippen molar-refractivity contribution in [2.24, 2.45) is 0 Å². The van der Waals surface area contributed by atoms with Gasteiger partial charge in [-0.05, 0) is 44.2 Å². The fraction of sp³-hybridized carbons (Fsp3) is 0.591. The Balaban J connectivity index is 1.42. The highest BCUT2D eigenvalue weighted by atomic mass is 16.5. The Hall–Kier alpha value is -1.65. The van der Waals surface area contributed by atoms with Crippen molar-refractivity contribution in [1.82, 2.24) is 9.80 Å². The molecule has 2 fully saturated rings. The molecule has 2 heterocycles. The van der Waals surface area contributed by atoms with Crippen molar-refractivity contribution in [3.8, 4) is 0 Å². The molecule has 1 unspecified atom stereocenters. The highest BCUT2D eigenvalue weighted by Crippen LogP contribution is 2.26. The second-order valence-electron chi connectivity index (χ2n) is 7.47. The van der Waals surface area contributed by atoms with Crippen LogP contribution < -0.4 is 0 Å². The zero-order valence-electron chi connectivity index (χ0n) is 15.8. The Morgan fingerprint density at radius 2 is 1.92 bits per heavy atom. The molecule has 0 saturated carbocycles. The van der Waals surface area contributed by atoms with Crippen LogP contribution in [0.1, 0.15) is 44.1 Å². The van der Waals surface area contributed by atoms with Gasteiger partial charge in [0, 0.05) is 31.6 Å². The molecule has 0 spiro atoms. The number of carbonyl (C=O) groups is 1. The van der Waals surface area contributed by atoms with Gasteiger partial charge in [-0.2, -0.15) is 0 Å². The van der Waals surface area contributed by atoms with E-state index >= 15 is 0 Å². The number of amides is 1. The number of hydrogen-bond donors (Lipinski definition) is 0. The molecule has 0 radical (unpaired) electrons. The predicted molar refractivity (Wildman–Crippen MR) is 105 cm³/mol. The zero-order chi connectivity index (χ0) is 18.2. The molecule has 4 heteroatoms. The molecule has 0 aromatic heterocycles. The first-order chi connectivity index (χ1) is 12.8. The molecule has 2 saturated heterocycles. The van der Waals surface area contributed by atoms with E-state index in [0.29, 0.717) is 25.1 Å². The maximum absolute atomic E-state index is 12.2. The highest BCUT2D eigenvalue weighted by molar-refractivity contribution is 5.76. The third kappa shape index (κ3) is 5.18. The molecule has 1 aromatic carbocycles. The molecule has 0 N–H and O–H groups in total. The quantitative estimate of drug-likeness (QED) is 0.667. The summed E-state index contributed by atoms with van der Waals surface area (Å²) in [5, 5.41) is 0. The van der Waals surface area contributed by atoms with E-state index in [2.05, 4.69) is 35.7 Å². The molecular weight excluding hydrogens is 324 g/mol. The van der Waals surface area contributed by atoms with Crippen molar-refractivity contribution in [3.63, 3.8) is 0 Å². The predicted octanol–water partition coefficient (Wildman–Crippen LogP) is 3.62. The van der Waals surface area contributed by atoms with Gasteiger partial charge in [-0.1, -0.05) is 36.4 Å². The fourth-order valence-corrected chi connectivity index (χ4v) is 4.24. The normalized spacial score (nSPS) is 21.8. The van der Waals surface area contributed by atoms with E-state index in [4.69, 9.17) is 4.74 Å². The number of piperidine rings is 1. The van der Waals surface area contributed by atoms with Crippen LogP contribution in [0.2, 0.25) is 0 Å². The molecule has 3 rings (SSSR count). The van der Waals surface area contributed by atoms with Gasteiger partial charge in [0.1, 0.15) is 0 Å². The molecule has 2 aliphatic heterocycles. The van der Waals surface area contributed by atoms with Gasteiger partial charge in [0.2, 0.25) is 5.91 Å². The monoisotopic (exact) mass is 356 g/mol. The molecule has 26 heavy (non-hydrogen) atoms. The van der Waals surface area contributed by atoms with Gasteiger partial charge in [0.15, 0.2) is 0 Å². The third-order valence-electron chi connectivity index (χ3n) is 5.69. The van der Waals surface area contributed by atoms with Crippen molar-refractivity contribution in [1.29, 1.82) is 0 Å². The van der Waals surface area contributed by atoms with Crippen molar-refractivity contribution < 1.29 is 9.53 Å². The summed E-state index contributed by atoms with van der Waals surface area (Å²) in [5.41, 5.74) is 1.24. The number of ether oxygens (including phenoxy) is 1. The molecule has 4 nitrogen and oxygen atoms in total. The van der Waals surface area contributed by atoms with Crippen LogP contribution >= 0.6 is 0 Å². The molecule has 0 bridgehead atoms. The topological polar surface area (TPSA) is 32.8 Å². The lowest BCUT2D eigenvalue weighted by Gasteiger charge is -2.39. The van der Waals surface area contributed by atoms with Crippen LogP contribution in [-0.2, 0) is 16.1 Å². The van der Waals surface area contributed by atoms with E-state index in [1.807, 2.05) is 17.0 Å². The summed E-state index contributed by atoms with van der Waals surface area (Å²) in [4.78, 5) is 16.9. The molecule has 1 amide bonds. The number of nitrogens with zero attached hydrogens (tertiary/aromatic N) is 2. The van der Waals surface area contributed by atoms with Gasteiger partial charge >= 0.3 is 0 Å². The van der Waals surface area contributed by atoms with Crippen molar-refractivity contribution >= 4 is 5.91 Å². The molecule has 2 aliphatic rings. The van der Waals surface area contributed by atoms with E-state index in [0.717, 1.165) is 39.0 Å². The van der Waals surface area contributed by atoms with Gasteiger partial charge in [0.05, 0.1) is 13.2 Å². The van der Waals surface area contributed by atoms with Crippen LogP contribution in [0.15, 0.2) is 43.0 Å². The van der Waals surface area contributed by atoms with E-state index in [9.17, 15) is 4.79 Å². The fourth-order valence-electron chi connectivity index (χ4n) is 4.24. The second-order valence-corrected chi connectivity index (χ2v) is 7.47. The van der Waals surface area contributed by atoms with Gasteiger partial charge in [-0.15, -0.1) is 6.58 Å². The summed E-state index contributed by atoms with van der Waals surface area (Å²) in [6, 6.07) is 11.5. The number of benzene rings is 1.